The summed E-state index contributed by atoms with van der Waals surface area (Å²) in [5.41, 5.74) is 3.08. The fourth-order valence-electron chi connectivity index (χ4n) is 3.47. The van der Waals surface area contributed by atoms with Crippen LogP contribution in [-0.4, -0.2) is 22.2 Å². The van der Waals surface area contributed by atoms with Gasteiger partial charge in [0.2, 0.25) is 5.43 Å². The van der Waals surface area contributed by atoms with Gasteiger partial charge in [0.05, 0.1) is 5.69 Å². The zero-order valence-corrected chi connectivity index (χ0v) is 14.7. The minimum Gasteiger partial charge on any atom is -0.306 e. The summed E-state index contributed by atoms with van der Waals surface area (Å²) in [5, 5.41) is 4.40. The number of amides is 1. The van der Waals surface area contributed by atoms with Crippen LogP contribution in [0.4, 0.5) is 5.69 Å². The summed E-state index contributed by atoms with van der Waals surface area (Å²) in [7, 11) is 0. The average molecular weight is 345 g/mol. The molecule has 0 fully saturated rings. The standard InChI is InChI=1S/C21H19N3O2/c1-14-13-23(18-11-7-6-10-17(14)18)21(26)20-19(25)12-15(2)24(22-20)16-8-4-3-5-9-16/h3-12,14H,13H2,1-2H3. The molecular weight excluding hydrogens is 326 g/mol. The summed E-state index contributed by atoms with van der Waals surface area (Å²) in [4.78, 5) is 27.3. The molecule has 0 spiro atoms. The van der Waals surface area contributed by atoms with E-state index in [1.165, 1.54) is 6.07 Å². The molecule has 4 rings (SSSR count). The molecule has 2 aromatic carbocycles. The van der Waals surface area contributed by atoms with Crippen LogP contribution in [0.25, 0.3) is 5.69 Å². The van der Waals surface area contributed by atoms with Crippen molar-refractivity contribution in [2.24, 2.45) is 0 Å². The molecule has 1 amide bonds. The second kappa shape index (κ2) is 6.26. The molecule has 1 unspecified atom stereocenters. The highest BCUT2D eigenvalue weighted by Gasteiger charge is 2.32. The van der Waals surface area contributed by atoms with Gasteiger partial charge in [0.1, 0.15) is 0 Å². The van der Waals surface area contributed by atoms with Gasteiger partial charge in [-0.05, 0) is 30.7 Å². The Bertz CT molecular complexity index is 1040. The monoisotopic (exact) mass is 345 g/mol. The molecule has 26 heavy (non-hydrogen) atoms. The Kier molecular flexibility index (Phi) is 3.92. The third-order valence-corrected chi connectivity index (χ3v) is 4.77. The summed E-state index contributed by atoms with van der Waals surface area (Å²) in [6, 6.07) is 18.8. The van der Waals surface area contributed by atoms with Crippen LogP contribution in [0.5, 0.6) is 0 Å². The van der Waals surface area contributed by atoms with Crippen molar-refractivity contribution in [2.45, 2.75) is 19.8 Å². The Morgan fingerprint density at radius 2 is 1.77 bits per heavy atom. The normalized spacial score (nSPS) is 15.8. The molecular formula is C21H19N3O2. The lowest BCUT2D eigenvalue weighted by atomic mass is 10.0. The van der Waals surface area contributed by atoms with E-state index in [0.29, 0.717) is 12.2 Å². The number of para-hydroxylation sites is 2. The van der Waals surface area contributed by atoms with Gasteiger partial charge < -0.3 is 4.90 Å². The van der Waals surface area contributed by atoms with Crippen molar-refractivity contribution in [1.29, 1.82) is 0 Å². The van der Waals surface area contributed by atoms with Gasteiger partial charge in [-0.15, -0.1) is 0 Å². The molecule has 0 aliphatic carbocycles. The molecule has 0 saturated carbocycles. The summed E-state index contributed by atoms with van der Waals surface area (Å²) in [6.07, 6.45) is 0. The molecule has 1 aliphatic heterocycles. The smallest absolute Gasteiger partial charge is 0.282 e. The number of fused-ring (bicyclic) bond motifs is 1. The van der Waals surface area contributed by atoms with Crippen molar-refractivity contribution < 1.29 is 4.79 Å². The Hall–Kier alpha value is -3.21. The predicted molar refractivity (Wildman–Crippen MR) is 101 cm³/mol. The van der Waals surface area contributed by atoms with E-state index in [4.69, 9.17) is 0 Å². The highest BCUT2D eigenvalue weighted by molar-refractivity contribution is 6.06. The highest BCUT2D eigenvalue weighted by Crippen LogP contribution is 2.36. The lowest BCUT2D eigenvalue weighted by Gasteiger charge is -2.18. The van der Waals surface area contributed by atoms with Crippen LogP contribution < -0.4 is 10.3 Å². The van der Waals surface area contributed by atoms with Crippen LogP contribution >= 0.6 is 0 Å². The number of carbonyl (C=O) groups is 1. The maximum atomic E-state index is 13.1. The maximum Gasteiger partial charge on any atom is 0.282 e. The molecule has 1 aliphatic rings. The van der Waals surface area contributed by atoms with E-state index in [1.807, 2.05) is 61.5 Å². The van der Waals surface area contributed by atoms with Gasteiger partial charge >= 0.3 is 0 Å². The molecule has 0 radical (unpaired) electrons. The SMILES string of the molecule is Cc1cc(=O)c(C(=O)N2CC(C)c3ccccc32)nn1-c1ccccc1. The molecule has 2 heterocycles. The summed E-state index contributed by atoms with van der Waals surface area (Å²) >= 11 is 0. The number of benzene rings is 2. The van der Waals surface area contributed by atoms with Crippen molar-refractivity contribution >= 4 is 11.6 Å². The first kappa shape index (κ1) is 16.3. The van der Waals surface area contributed by atoms with Crippen LogP contribution in [0, 0.1) is 6.92 Å². The van der Waals surface area contributed by atoms with Crippen molar-refractivity contribution in [2.75, 3.05) is 11.4 Å². The third kappa shape index (κ3) is 2.62. The number of aromatic nitrogens is 2. The van der Waals surface area contributed by atoms with Gasteiger partial charge in [-0.3, -0.25) is 9.59 Å². The molecule has 1 aromatic heterocycles. The van der Waals surface area contributed by atoms with Gasteiger partial charge in [-0.25, -0.2) is 4.68 Å². The number of hydrogen-bond donors (Lipinski definition) is 0. The first-order valence-electron chi connectivity index (χ1n) is 8.63. The van der Waals surface area contributed by atoms with Crippen LogP contribution in [0.3, 0.4) is 0 Å². The Morgan fingerprint density at radius 1 is 1.08 bits per heavy atom. The molecule has 0 saturated heterocycles. The maximum absolute atomic E-state index is 13.1. The summed E-state index contributed by atoms with van der Waals surface area (Å²) in [5.74, 6) is -0.117. The molecule has 0 bridgehead atoms. The van der Waals surface area contributed by atoms with E-state index in [-0.39, 0.29) is 22.9 Å². The lowest BCUT2D eigenvalue weighted by Crippen LogP contribution is -2.35. The minimum absolute atomic E-state index is 0.0524. The van der Waals surface area contributed by atoms with Gasteiger partial charge in [0.25, 0.3) is 5.91 Å². The number of rotatable bonds is 2. The molecule has 5 heteroatoms. The molecule has 0 N–H and O–H groups in total. The molecule has 1 atom stereocenters. The number of anilines is 1. The largest absolute Gasteiger partial charge is 0.306 e. The van der Waals surface area contributed by atoms with Crippen LogP contribution in [-0.2, 0) is 0 Å². The van der Waals surface area contributed by atoms with Gasteiger partial charge in [0.15, 0.2) is 5.69 Å². The van der Waals surface area contributed by atoms with Crippen LogP contribution in [0.1, 0.15) is 34.6 Å². The van der Waals surface area contributed by atoms with E-state index >= 15 is 0 Å². The van der Waals surface area contributed by atoms with Crippen molar-refractivity contribution in [3.05, 3.63) is 87.8 Å². The fourth-order valence-corrected chi connectivity index (χ4v) is 3.47. The zero-order valence-electron chi connectivity index (χ0n) is 14.7. The van der Waals surface area contributed by atoms with E-state index in [2.05, 4.69) is 12.0 Å². The number of nitrogens with zero attached hydrogens (tertiary/aromatic N) is 3. The average Bonchev–Trinajstić information content (AvgIpc) is 2.99. The van der Waals surface area contributed by atoms with Crippen molar-refractivity contribution in [1.82, 2.24) is 9.78 Å². The third-order valence-electron chi connectivity index (χ3n) is 4.77. The van der Waals surface area contributed by atoms with E-state index < -0.39 is 0 Å². The Labute approximate surface area is 151 Å². The summed E-state index contributed by atoms with van der Waals surface area (Å²) < 4.78 is 1.64. The minimum atomic E-state index is -0.350. The Morgan fingerprint density at radius 3 is 2.54 bits per heavy atom. The number of aryl methyl sites for hydroxylation is 1. The van der Waals surface area contributed by atoms with E-state index in [9.17, 15) is 9.59 Å². The molecule has 5 nitrogen and oxygen atoms in total. The second-order valence-corrected chi connectivity index (χ2v) is 6.62. The van der Waals surface area contributed by atoms with E-state index in [1.54, 1.807) is 9.58 Å². The van der Waals surface area contributed by atoms with Gasteiger partial charge in [0, 0.05) is 29.9 Å². The van der Waals surface area contributed by atoms with Crippen molar-refractivity contribution in [3.8, 4) is 5.69 Å². The highest BCUT2D eigenvalue weighted by atomic mass is 16.2. The quantitative estimate of drug-likeness (QED) is 0.716. The Balaban J connectivity index is 1.79. The molecule has 130 valence electrons. The number of carbonyl (C=O) groups excluding carboxylic acids is 1. The van der Waals surface area contributed by atoms with Gasteiger partial charge in [-0.2, -0.15) is 5.10 Å². The first-order valence-corrected chi connectivity index (χ1v) is 8.63. The van der Waals surface area contributed by atoms with Crippen molar-refractivity contribution in [3.63, 3.8) is 0 Å². The van der Waals surface area contributed by atoms with Crippen LogP contribution in [0.2, 0.25) is 0 Å². The number of hydrogen-bond acceptors (Lipinski definition) is 3. The topological polar surface area (TPSA) is 55.2 Å². The first-order chi connectivity index (χ1) is 12.6. The molecule has 3 aromatic rings. The summed E-state index contributed by atoms with van der Waals surface area (Å²) in [6.45, 7) is 4.44. The lowest BCUT2D eigenvalue weighted by molar-refractivity contribution is 0.0980. The predicted octanol–water partition coefficient (Wildman–Crippen LogP) is 3.30. The van der Waals surface area contributed by atoms with Gasteiger partial charge in [-0.1, -0.05) is 43.3 Å². The fraction of sp³-hybridized carbons (Fsp3) is 0.190. The zero-order chi connectivity index (χ0) is 18.3. The second-order valence-electron chi connectivity index (χ2n) is 6.62. The van der Waals surface area contributed by atoms with E-state index in [0.717, 1.165) is 16.9 Å². The van der Waals surface area contributed by atoms with Crippen LogP contribution in [0.15, 0.2) is 65.5 Å².